The predicted octanol–water partition coefficient (Wildman–Crippen LogP) is 6.91. The SMILES string of the molecule is O=C(Nc1cccc2c1cnn2-c1ccc(C(F)(F)F)cc1)c1cc(CNC(=O)C2(C(F)(F)F)CC2)ccc1Cl. The number of halogens is 7. The van der Waals surface area contributed by atoms with Gasteiger partial charge in [0.1, 0.15) is 5.41 Å². The van der Waals surface area contributed by atoms with Crippen molar-refractivity contribution in [2.45, 2.75) is 31.7 Å². The lowest BCUT2D eigenvalue weighted by atomic mass is 10.1. The van der Waals surface area contributed by atoms with Crippen molar-refractivity contribution in [1.82, 2.24) is 15.1 Å². The van der Waals surface area contributed by atoms with Crippen molar-refractivity contribution in [3.63, 3.8) is 0 Å². The van der Waals surface area contributed by atoms with Gasteiger partial charge in [-0.15, -0.1) is 0 Å². The smallest absolute Gasteiger partial charge is 0.351 e. The lowest BCUT2D eigenvalue weighted by molar-refractivity contribution is -0.192. The maximum Gasteiger partial charge on any atom is 0.416 e. The largest absolute Gasteiger partial charge is 0.416 e. The molecule has 1 fully saturated rings. The van der Waals surface area contributed by atoms with Gasteiger partial charge in [0.2, 0.25) is 5.91 Å². The van der Waals surface area contributed by atoms with Gasteiger partial charge in [-0.1, -0.05) is 23.7 Å². The average Bonchev–Trinajstić information content (AvgIpc) is 3.62. The van der Waals surface area contributed by atoms with Gasteiger partial charge in [-0.3, -0.25) is 9.59 Å². The van der Waals surface area contributed by atoms with Crippen LogP contribution in [-0.4, -0.2) is 27.8 Å². The molecule has 1 aromatic heterocycles. The van der Waals surface area contributed by atoms with Gasteiger partial charge in [0, 0.05) is 11.9 Å². The first kappa shape index (κ1) is 27.5. The number of carbonyl (C=O) groups excluding carboxylic acids is 2. The standard InChI is InChI=1S/C27H19ClF6N4O2/c28-20-9-4-15(13-35-24(40)25(10-11-25)27(32,33)34)12-18(20)23(39)37-21-2-1-3-22-19(21)14-36-38(22)17-7-5-16(6-8-17)26(29,30)31/h1-9,12,14H,10-11,13H2,(H,35,40)(H,37,39). The number of anilines is 1. The van der Waals surface area contributed by atoms with E-state index in [2.05, 4.69) is 15.7 Å². The molecule has 0 saturated heterocycles. The Hall–Kier alpha value is -4.06. The minimum Gasteiger partial charge on any atom is -0.351 e. The molecule has 40 heavy (non-hydrogen) atoms. The van der Waals surface area contributed by atoms with Crippen molar-refractivity contribution in [1.29, 1.82) is 0 Å². The molecular formula is C27H19ClF6N4O2. The molecule has 0 radical (unpaired) electrons. The molecule has 1 aliphatic carbocycles. The summed E-state index contributed by atoms with van der Waals surface area (Å²) in [6, 6.07) is 13.6. The fraction of sp³-hybridized carbons (Fsp3) is 0.222. The molecule has 13 heteroatoms. The van der Waals surface area contributed by atoms with Crippen LogP contribution in [0.1, 0.15) is 34.3 Å². The van der Waals surface area contributed by atoms with E-state index >= 15 is 0 Å². The first-order valence-corrected chi connectivity index (χ1v) is 12.3. The third-order valence-electron chi connectivity index (χ3n) is 6.76. The van der Waals surface area contributed by atoms with E-state index in [9.17, 15) is 35.9 Å². The van der Waals surface area contributed by atoms with Gasteiger partial charge < -0.3 is 10.6 Å². The van der Waals surface area contributed by atoms with Crippen LogP contribution in [0.15, 0.2) is 66.9 Å². The molecule has 4 aromatic rings. The number of hydrogen-bond acceptors (Lipinski definition) is 3. The van der Waals surface area contributed by atoms with Crippen LogP contribution in [0.2, 0.25) is 5.02 Å². The Morgan fingerprint density at radius 1 is 0.975 bits per heavy atom. The average molecular weight is 581 g/mol. The Morgan fingerprint density at radius 3 is 2.30 bits per heavy atom. The number of alkyl halides is 6. The Bertz CT molecular complexity index is 1610. The summed E-state index contributed by atoms with van der Waals surface area (Å²) in [6.07, 6.45) is -8.20. The van der Waals surface area contributed by atoms with Crippen molar-refractivity contribution in [2.75, 3.05) is 5.32 Å². The van der Waals surface area contributed by atoms with Gasteiger partial charge in [0.25, 0.3) is 5.91 Å². The Kier molecular flexibility index (Phi) is 6.77. The van der Waals surface area contributed by atoms with Crippen molar-refractivity contribution in [3.8, 4) is 5.69 Å². The summed E-state index contributed by atoms with van der Waals surface area (Å²) in [6.45, 7) is -0.233. The minimum absolute atomic E-state index is 0.0255. The lowest BCUT2D eigenvalue weighted by Crippen LogP contribution is -2.40. The highest BCUT2D eigenvalue weighted by Crippen LogP contribution is 2.57. The van der Waals surface area contributed by atoms with Crippen LogP contribution >= 0.6 is 11.6 Å². The number of rotatable bonds is 6. The van der Waals surface area contributed by atoms with E-state index in [4.69, 9.17) is 11.6 Å². The quantitative estimate of drug-likeness (QED) is 0.243. The van der Waals surface area contributed by atoms with Crippen LogP contribution < -0.4 is 10.6 Å². The molecule has 5 rings (SSSR count). The number of amides is 2. The van der Waals surface area contributed by atoms with Gasteiger partial charge in [0.15, 0.2) is 0 Å². The number of fused-ring (bicyclic) bond motifs is 1. The molecule has 208 valence electrons. The number of nitrogens with zero attached hydrogens (tertiary/aromatic N) is 2. The first-order valence-electron chi connectivity index (χ1n) is 11.9. The zero-order valence-electron chi connectivity index (χ0n) is 20.3. The van der Waals surface area contributed by atoms with E-state index in [1.54, 1.807) is 18.2 Å². The topological polar surface area (TPSA) is 76.0 Å². The van der Waals surface area contributed by atoms with Crippen LogP contribution in [0, 0.1) is 5.41 Å². The molecule has 2 amide bonds. The summed E-state index contributed by atoms with van der Waals surface area (Å²) in [5, 5.41) is 9.84. The number of hydrogen-bond donors (Lipinski definition) is 2. The van der Waals surface area contributed by atoms with E-state index in [1.165, 1.54) is 41.2 Å². The number of benzene rings is 3. The molecule has 1 heterocycles. The van der Waals surface area contributed by atoms with E-state index in [0.717, 1.165) is 12.1 Å². The van der Waals surface area contributed by atoms with E-state index < -0.39 is 35.1 Å². The third-order valence-corrected chi connectivity index (χ3v) is 7.09. The second-order valence-corrected chi connectivity index (χ2v) is 9.78. The van der Waals surface area contributed by atoms with Crippen LogP contribution in [0.5, 0.6) is 0 Å². The van der Waals surface area contributed by atoms with Crippen molar-refractivity contribution < 1.29 is 35.9 Å². The van der Waals surface area contributed by atoms with Crippen LogP contribution in [0.3, 0.4) is 0 Å². The van der Waals surface area contributed by atoms with Gasteiger partial charge in [0.05, 0.1) is 39.2 Å². The fourth-order valence-electron chi connectivity index (χ4n) is 4.32. The molecule has 2 N–H and O–H groups in total. The van der Waals surface area contributed by atoms with Crippen LogP contribution in [-0.2, 0) is 17.5 Å². The van der Waals surface area contributed by atoms with Gasteiger partial charge in [-0.2, -0.15) is 31.4 Å². The fourth-order valence-corrected chi connectivity index (χ4v) is 4.52. The molecule has 1 aliphatic rings. The highest BCUT2D eigenvalue weighted by atomic mass is 35.5. The molecular weight excluding hydrogens is 562 g/mol. The van der Waals surface area contributed by atoms with Crippen molar-refractivity contribution in [3.05, 3.63) is 88.6 Å². The van der Waals surface area contributed by atoms with Gasteiger partial charge in [-0.05, 0) is 66.9 Å². The summed E-state index contributed by atoms with van der Waals surface area (Å²) in [7, 11) is 0. The highest BCUT2D eigenvalue weighted by Gasteiger charge is 2.68. The van der Waals surface area contributed by atoms with Gasteiger partial charge in [-0.25, -0.2) is 4.68 Å². The molecule has 1 saturated carbocycles. The lowest BCUT2D eigenvalue weighted by Gasteiger charge is -2.18. The van der Waals surface area contributed by atoms with Gasteiger partial charge >= 0.3 is 12.4 Å². The minimum atomic E-state index is -4.64. The molecule has 0 bridgehead atoms. The van der Waals surface area contributed by atoms with Crippen molar-refractivity contribution in [2.24, 2.45) is 5.41 Å². The van der Waals surface area contributed by atoms with E-state index in [-0.39, 0.29) is 30.0 Å². The predicted molar refractivity (Wildman–Crippen MR) is 135 cm³/mol. The normalized spacial score (nSPS) is 14.7. The maximum absolute atomic E-state index is 13.2. The van der Waals surface area contributed by atoms with Crippen LogP contribution in [0.4, 0.5) is 32.0 Å². The van der Waals surface area contributed by atoms with E-state index in [0.29, 0.717) is 27.8 Å². The molecule has 3 aromatic carbocycles. The highest BCUT2D eigenvalue weighted by molar-refractivity contribution is 6.34. The number of carbonyl (C=O) groups is 2. The zero-order valence-corrected chi connectivity index (χ0v) is 21.1. The molecule has 6 nitrogen and oxygen atoms in total. The maximum atomic E-state index is 13.2. The number of nitrogens with one attached hydrogen (secondary N) is 2. The summed E-state index contributed by atoms with van der Waals surface area (Å²) in [4.78, 5) is 25.3. The summed E-state index contributed by atoms with van der Waals surface area (Å²) in [5.41, 5.74) is -1.53. The Balaban J connectivity index is 1.34. The van der Waals surface area contributed by atoms with Crippen LogP contribution in [0.25, 0.3) is 16.6 Å². The molecule has 0 unspecified atom stereocenters. The Morgan fingerprint density at radius 2 is 1.68 bits per heavy atom. The van der Waals surface area contributed by atoms with E-state index in [1.807, 2.05) is 0 Å². The second kappa shape index (κ2) is 9.84. The first-order chi connectivity index (χ1) is 18.8. The summed E-state index contributed by atoms with van der Waals surface area (Å²) >= 11 is 6.22. The number of aromatic nitrogens is 2. The van der Waals surface area contributed by atoms with Crippen molar-refractivity contribution >= 4 is 40.0 Å². The zero-order chi connectivity index (χ0) is 28.9. The summed E-state index contributed by atoms with van der Waals surface area (Å²) < 4.78 is 79.8. The Labute approximate surface area is 227 Å². The molecule has 0 atom stereocenters. The second-order valence-electron chi connectivity index (χ2n) is 9.37. The molecule has 0 spiro atoms. The monoisotopic (exact) mass is 580 g/mol. The summed E-state index contributed by atoms with van der Waals surface area (Å²) in [5.74, 6) is -1.74. The molecule has 0 aliphatic heterocycles. The third kappa shape index (κ3) is 5.10.